The minimum atomic E-state index is -0.256. The number of nitrogens with one attached hydrogen (secondary N) is 1. The van der Waals surface area contributed by atoms with Gasteiger partial charge in [-0.15, -0.1) is 5.10 Å². The zero-order valence-corrected chi connectivity index (χ0v) is 16.0. The SMILES string of the molecule is C[C@@H]1CN(C(=O)c2cn(CCNC(=O)c3ccccc3Cl)nn2)C[C@H](C)O1. The minimum absolute atomic E-state index is 0.00670. The Morgan fingerprint density at radius 2 is 1.96 bits per heavy atom. The van der Waals surface area contributed by atoms with Gasteiger partial charge in [0.2, 0.25) is 0 Å². The molecule has 0 aliphatic carbocycles. The number of amides is 2. The highest BCUT2D eigenvalue weighted by atomic mass is 35.5. The van der Waals surface area contributed by atoms with E-state index in [2.05, 4.69) is 15.6 Å². The minimum Gasteiger partial charge on any atom is -0.372 e. The Bertz CT molecular complexity index is 815. The van der Waals surface area contributed by atoms with E-state index in [1.807, 2.05) is 13.8 Å². The fraction of sp³-hybridized carbons (Fsp3) is 0.444. The van der Waals surface area contributed by atoms with Crippen molar-refractivity contribution in [2.24, 2.45) is 0 Å². The van der Waals surface area contributed by atoms with Crippen molar-refractivity contribution < 1.29 is 14.3 Å². The predicted molar refractivity (Wildman–Crippen MR) is 99.7 cm³/mol. The van der Waals surface area contributed by atoms with Gasteiger partial charge in [-0.2, -0.15) is 0 Å². The normalized spacial score (nSPS) is 19.7. The van der Waals surface area contributed by atoms with Gasteiger partial charge in [0.15, 0.2) is 5.69 Å². The van der Waals surface area contributed by atoms with Crippen LogP contribution in [0.25, 0.3) is 0 Å². The van der Waals surface area contributed by atoms with Gasteiger partial charge in [0.25, 0.3) is 11.8 Å². The first kappa shape index (κ1) is 19.3. The summed E-state index contributed by atoms with van der Waals surface area (Å²) in [4.78, 5) is 26.4. The fourth-order valence-electron chi connectivity index (χ4n) is 3.04. The monoisotopic (exact) mass is 391 g/mol. The molecular formula is C18H22ClN5O3. The zero-order valence-electron chi connectivity index (χ0n) is 15.3. The van der Waals surface area contributed by atoms with Gasteiger partial charge in [0.1, 0.15) is 0 Å². The zero-order chi connectivity index (χ0) is 19.4. The molecule has 9 heteroatoms. The molecular weight excluding hydrogens is 370 g/mol. The van der Waals surface area contributed by atoms with E-state index in [-0.39, 0.29) is 29.7 Å². The highest BCUT2D eigenvalue weighted by molar-refractivity contribution is 6.33. The van der Waals surface area contributed by atoms with Crippen LogP contribution in [0.3, 0.4) is 0 Å². The third-order valence-electron chi connectivity index (χ3n) is 4.21. The topological polar surface area (TPSA) is 89.4 Å². The van der Waals surface area contributed by atoms with Crippen molar-refractivity contribution in [1.29, 1.82) is 0 Å². The van der Waals surface area contributed by atoms with Crippen molar-refractivity contribution >= 4 is 23.4 Å². The van der Waals surface area contributed by atoms with Crippen LogP contribution in [0.2, 0.25) is 5.02 Å². The Labute approximate surface area is 162 Å². The highest BCUT2D eigenvalue weighted by Gasteiger charge is 2.28. The van der Waals surface area contributed by atoms with Crippen molar-refractivity contribution in [3.05, 3.63) is 46.7 Å². The number of benzene rings is 1. The average Bonchev–Trinajstić information content (AvgIpc) is 3.09. The number of nitrogens with zero attached hydrogens (tertiary/aromatic N) is 4. The second-order valence-electron chi connectivity index (χ2n) is 6.57. The number of hydrogen-bond acceptors (Lipinski definition) is 5. The van der Waals surface area contributed by atoms with Gasteiger partial charge in [-0.1, -0.05) is 28.9 Å². The largest absolute Gasteiger partial charge is 0.372 e. The summed E-state index contributed by atoms with van der Waals surface area (Å²) < 4.78 is 7.18. The summed E-state index contributed by atoms with van der Waals surface area (Å²) >= 11 is 6.01. The number of ether oxygens (including phenoxy) is 1. The third-order valence-corrected chi connectivity index (χ3v) is 4.54. The molecule has 8 nitrogen and oxygen atoms in total. The standard InChI is InChI=1S/C18H22ClN5O3/c1-12-9-23(10-13(2)27-12)18(26)16-11-24(22-21-16)8-7-20-17(25)14-5-3-4-6-15(14)19/h3-6,11-13H,7-10H2,1-2H3,(H,20,25)/t12-,13+. The number of rotatable bonds is 5. The van der Waals surface area contributed by atoms with Gasteiger partial charge in [0.05, 0.1) is 35.5 Å². The molecule has 0 saturated carbocycles. The van der Waals surface area contributed by atoms with Gasteiger partial charge in [0, 0.05) is 19.6 Å². The molecule has 3 rings (SSSR count). The number of morpholine rings is 1. The molecule has 0 bridgehead atoms. The van der Waals surface area contributed by atoms with Crippen molar-refractivity contribution in [2.45, 2.75) is 32.6 Å². The van der Waals surface area contributed by atoms with Crippen molar-refractivity contribution in [3.63, 3.8) is 0 Å². The first-order valence-electron chi connectivity index (χ1n) is 8.81. The van der Waals surface area contributed by atoms with Crippen molar-refractivity contribution in [2.75, 3.05) is 19.6 Å². The maximum atomic E-state index is 12.6. The molecule has 2 heterocycles. The molecule has 27 heavy (non-hydrogen) atoms. The molecule has 1 fully saturated rings. The third kappa shape index (κ3) is 4.84. The van der Waals surface area contributed by atoms with Crippen LogP contribution in [0, 0.1) is 0 Å². The second kappa shape index (κ2) is 8.49. The molecule has 1 aliphatic heterocycles. The van der Waals surface area contributed by atoms with Gasteiger partial charge < -0.3 is 15.0 Å². The Kier molecular flexibility index (Phi) is 6.08. The van der Waals surface area contributed by atoms with Crippen LogP contribution in [0.4, 0.5) is 0 Å². The van der Waals surface area contributed by atoms with E-state index >= 15 is 0 Å². The highest BCUT2D eigenvalue weighted by Crippen LogP contribution is 2.15. The van der Waals surface area contributed by atoms with Gasteiger partial charge in [-0.3, -0.25) is 9.59 Å². The molecule has 144 valence electrons. The molecule has 1 N–H and O–H groups in total. The number of halogens is 1. The second-order valence-corrected chi connectivity index (χ2v) is 6.98. The van der Waals surface area contributed by atoms with E-state index in [1.165, 1.54) is 4.68 Å². The molecule has 0 spiro atoms. The lowest BCUT2D eigenvalue weighted by molar-refractivity contribution is -0.0587. The predicted octanol–water partition coefficient (Wildman–Crippen LogP) is 1.61. The first-order chi connectivity index (χ1) is 12.9. The Hall–Kier alpha value is -2.45. The van der Waals surface area contributed by atoms with Crippen LogP contribution >= 0.6 is 11.6 Å². The number of carbonyl (C=O) groups is 2. The van der Waals surface area contributed by atoms with Crippen LogP contribution in [0.5, 0.6) is 0 Å². The summed E-state index contributed by atoms with van der Waals surface area (Å²) in [5.41, 5.74) is 0.706. The summed E-state index contributed by atoms with van der Waals surface area (Å²) in [6.45, 7) is 5.68. The van der Waals surface area contributed by atoms with E-state index in [1.54, 1.807) is 35.4 Å². The van der Waals surface area contributed by atoms with E-state index < -0.39 is 0 Å². The quantitative estimate of drug-likeness (QED) is 0.836. The van der Waals surface area contributed by atoms with Crippen LogP contribution in [0.1, 0.15) is 34.7 Å². The lowest BCUT2D eigenvalue weighted by Crippen LogP contribution is -2.48. The molecule has 1 aromatic heterocycles. The van der Waals surface area contributed by atoms with Crippen molar-refractivity contribution in [1.82, 2.24) is 25.2 Å². The fourth-order valence-corrected chi connectivity index (χ4v) is 3.26. The van der Waals surface area contributed by atoms with E-state index in [9.17, 15) is 9.59 Å². The Morgan fingerprint density at radius 1 is 1.26 bits per heavy atom. The summed E-state index contributed by atoms with van der Waals surface area (Å²) in [6.07, 6.45) is 1.58. The molecule has 1 aliphatic rings. The Balaban J connectivity index is 1.53. The van der Waals surface area contributed by atoms with Crippen LogP contribution in [-0.4, -0.2) is 63.6 Å². The summed E-state index contributed by atoms with van der Waals surface area (Å²) in [5, 5.41) is 11.1. The van der Waals surface area contributed by atoms with Crippen LogP contribution in [0.15, 0.2) is 30.5 Å². The molecule has 0 unspecified atom stereocenters. The number of aromatic nitrogens is 3. The van der Waals surface area contributed by atoms with Crippen LogP contribution in [-0.2, 0) is 11.3 Å². The molecule has 2 atom stereocenters. The molecule has 1 saturated heterocycles. The smallest absolute Gasteiger partial charge is 0.276 e. The lowest BCUT2D eigenvalue weighted by atomic mass is 10.2. The van der Waals surface area contributed by atoms with E-state index in [4.69, 9.17) is 16.3 Å². The number of carbonyl (C=O) groups excluding carboxylic acids is 2. The van der Waals surface area contributed by atoms with E-state index in [0.29, 0.717) is 36.8 Å². The summed E-state index contributed by atoms with van der Waals surface area (Å²) in [6, 6.07) is 6.85. The lowest BCUT2D eigenvalue weighted by Gasteiger charge is -2.34. The van der Waals surface area contributed by atoms with Gasteiger partial charge in [-0.25, -0.2) is 4.68 Å². The molecule has 2 aromatic rings. The maximum Gasteiger partial charge on any atom is 0.276 e. The van der Waals surface area contributed by atoms with Crippen molar-refractivity contribution in [3.8, 4) is 0 Å². The Morgan fingerprint density at radius 3 is 2.67 bits per heavy atom. The summed E-state index contributed by atoms with van der Waals surface area (Å²) in [5.74, 6) is -0.420. The van der Waals surface area contributed by atoms with Gasteiger partial charge >= 0.3 is 0 Å². The average molecular weight is 392 g/mol. The molecule has 1 aromatic carbocycles. The maximum absolute atomic E-state index is 12.6. The van der Waals surface area contributed by atoms with Gasteiger partial charge in [-0.05, 0) is 26.0 Å². The summed E-state index contributed by atoms with van der Waals surface area (Å²) in [7, 11) is 0. The molecule has 0 radical (unpaired) electrons. The first-order valence-corrected chi connectivity index (χ1v) is 9.19. The van der Waals surface area contributed by atoms with E-state index in [0.717, 1.165) is 0 Å². The molecule has 2 amide bonds. The van der Waals surface area contributed by atoms with Crippen LogP contribution < -0.4 is 5.32 Å². The number of hydrogen-bond donors (Lipinski definition) is 1.